The van der Waals surface area contributed by atoms with Gasteiger partial charge in [-0.05, 0) is 48.5 Å². The number of nitrogens with zero attached hydrogens (tertiary/aromatic N) is 4. The van der Waals surface area contributed by atoms with Gasteiger partial charge in [-0.15, -0.1) is 11.3 Å². The van der Waals surface area contributed by atoms with Crippen molar-refractivity contribution in [2.75, 3.05) is 0 Å². The van der Waals surface area contributed by atoms with E-state index in [4.69, 9.17) is 19.4 Å². The summed E-state index contributed by atoms with van der Waals surface area (Å²) in [6.45, 7) is 0. The van der Waals surface area contributed by atoms with Crippen LogP contribution in [0.4, 0.5) is 0 Å². The average Bonchev–Trinajstić information content (AvgIpc) is 3.77. The number of fused-ring (bicyclic) bond motifs is 10. The third-order valence-electron chi connectivity index (χ3n) is 8.67. The van der Waals surface area contributed by atoms with Crippen LogP contribution in [0.3, 0.4) is 0 Å². The lowest BCUT2D eigenvalue weighted by molar-refractivity contribution is 0.669. The molecule has 45 heavy (non-hydrogen) atoms. The Hall–Kier alpha value is -5.85. The van der Waals surface area contributed by atoms with E-state index < -0.39 is 0 Å². The van der Waals surface area contributed by atoms with Gasteiger partial charge < -0.3 is 4.42 Å². The highest BCUT2D eigenvalue weighted by atomic mass is 32.1. The summed E-state index contributed by atoms with van der Waals surface area (Å²) >= 11 is 1.81. The number of hydrogen-bond acceptors (Lipinski definition) is 5. The number of benzene rings is 6. The third kappa shape index (κ3) is 3.63. The van der Waals surface area contributed by atoms with Crippen LogP contribution in [-0.2, 0) is 0 Å². The Morgan fingerprint density at radius 1 is 0.467 bits per heavy atom. The van der Waals surface area contributed by atoms with Crippen LogP contribution < -0.4 is 0 Å². The Labute approximate surface area is 260 Å². The number of hydrogen-bond donors (Lipinski definition) is 0. The number of thiophene rings is 1. The van der Waals surface area contributed by atoms with E-state index in [0.29, 0.717) is 17.6 Å². The number of aromatic nitrogens is 4. The highest BCUT2D eigenvalue weighted by Gasteiger charge is 2.19. The zero-order chi connectivity index (χ0) is 29.5. The highest BCUT2D eigenvalue weighted by molar-refractivity contribution is 7.26. The molecule has 0 bridgehead atoms. The van der Waals surface area contributed by atoms with Crippen LogP contribution in [0.15, 0.2) is 138 Å². The van der Waals surface area contributed by atoms with Crippen molar-refractivity contribution in [3.05, 3.63) is 133 Å². The van der Waals surface area contributed by atoms with Crippen molar-refractivity contribution in [1.82, 2.24) is 19.5 Å². The Morgan fingerprint density at radius 3 is 1.89 bits per heavy atom. The second-order valence-corrected chi connectivity index (χ2v) is 12.3. The van der Waals surface area contributed by atoms with Crippen molar-refractivity contribution in [3.63, 3.8) is 0 Å². The SMILES string of the molecule is c1ccc(-c2nc(-c3ccc4oc5ccc6sc7ccccc7c6c5c4c3)nc(-n3c4ccccc4c4ccccc43)n2)cc1. The third-order valence-corrected chi connectivity index (χ3v) is 9.80. The molecule has 0 N–H and O–H groups in total. The van der Waals surface area contributed by atoms with Gasteiger partial charge in [0, 0.05) is 52.8 Å². The maximum Gasteiger partial charge on any atom is 0.238 e. The quantitative estimate of drug-likeness (QED) is 0.204. The molecular formula is C39H22N4OS. The molecule has 0 aliphatic heterocycles. The topological polar surface area (TPSA) is 56.7 Å². The van der Waals surface area contributed by atoms with E-state index in [9.17, 15) is 0 Å². The van der Waals surface area contributed by atoms with Crippen LogP contribution in [0.25, 0.3) is 92.6 Å². The minimum Gasteiger partial charge on any atom is -0.456 e. The molecule has 10 rings (SSSR count). The first kappa shape index (κ1) is 24.6. The monoisotopic (exact) mass is 594 g/mol. The maximum atomic E-state index is 6.39. The molecule has 10 aromatic rings. The molecule has 0 atom stereocenters. The summed E-state index contributed by atoms with van der Waals surface area (Å²) in [4.78, 5) is 15.3. The van der Waals surface area contributed by atoms with Gasteiger partial charge in [0.2, 0.25) is 5.95 Å². The molecule has 0 saturated carbocycles. The Kier molecular flexibility index (Phi) is 5.09. The van der Waals surface area contributed by atoms with Gasteiger partial charge in [-0.25, -0.2) is 4.98 Å². The molecule has 0 amide bonds. The number of para-hydroxylation sites is 2. The summed E-state index contributed by atoms with van der Waals surface area (Å²) < 4.78 is 11.1. The van der Waals surface area contributed by atoms with Gasteiger partial charge in [-0.2, -0.15) is 9.97 Å². The fourth-order valence-corrected chi connectivity index (χ4v) is 7.78. The van der Waals surface area contributed by atoms with Gasteiger partial charge in [0.25, 0.3) is 0 Å². The van der Waals surface area contributed by atoms with E-state index in [1.54, 1.807) is 0 Å². The van der Waals surface area contributed by atoms with E-state index >= 15 is 0 Å². The van der Waals surface area contributed by atoms with Gasteiger partial charge in [0.1, 0.15) is 11.2 Å². The lowest BCUT2D eigenvalue weighted by Crippen LogP contribution is -2.06. The summed E-state index contributed by atoms with van der Waals surface area (Å²) in [5, 5.41) is 6.98. The summed E-state index contributed by atoms with van der Waals surface area (Å²) in [5.41, 5.74) is 5.67. The number of furan rings is 1. The van der Waals surface area contributed by atoms with Gasteiger partial charge in [-0.3, -0.25) is 4.57 Å². The van der Waals surface area contributed by atoms with E-state index in [1.165, 1.54) is 20.2 Å². The molecule has 5 nitrogen and oxygen atoms in total. The molecule has 0 unspecified atom stereocenters. The number of rotatable bonds is 3. The van der Waals surface area contributed by atoms with Gasteiger partial charge in [0.15, 0.2) is 11.6 Å². The van der Waals surface area contributed by atoms with E-state index in [0.717, 1.165) is 54.9 Å². The molecule has 0 aliphatic rings. The fraction of sp³-hybridized carbons (Fsp3) is 0. The van der Waals surface area contributed by atoms with Crippen LogP contribution >= 0.6 is 11.3 Å². The van der Waals surface area contributed by atoms with Crippen LogP contribution in [-0.4, -0.2) is 19.5 Å². The smallest absolute Gasteiger partial charge is 0.238 e. The standard InChI is InChI=1S/C39H22N4OS/c1-2-10-23(11-3-1)37-40-38(42-39(41-37)43-29-15-7-4-12-25(29)26-13-5-8-16-30(26)43)24-18-19-31-28(22-24)35-32(44-31)20-21-34-36(35)27-14-6-9-17-33(27)45-34/h1-22H. The average molecular weight is 595 g/mol. The zero-order valence-corrected chi connectivity index (χ0v) is 24.6. The van der Waals surface area contributed by atoms with E-state index in [1.807, 2.05) is 53.8 Å². The normalized spacial score (nSPS) is 12.0. The molecule has 0 fully saturated rings. The first-order valence-corrected chi connectivity index (χ1v) is 15.7. The second kappa shape index (κ2) is 9.32. The summed E-state index contributed by atoms with van der Waals surface area (Å²) in [6.07, 6.45) is 0. The lowest BCUT2D eigenvalue weighted by atomic mass is 10.0. The molecule has 0 saturated heterocycles. The van der Waals surface area contributed by atoms with Gasteiger partial charge in [0.05, 0.1) is 11.0 Å². The van der Waals surface area contributed by atoms with Gasteiger partial charge in [-0.1, -0.05) is 84.9 Å². The van der Waals surface area contributed by atoms with Crippen molar-refractivity contribution >= 4 is 75.3 Å². The minimum atomic E-state index is 0.583. The highest BCUT2D eigenvalue weighted by Crippen LogP contribution is 2.43. The zero-order valence-electron chi connectivity index (χ0n) is 23.8. The molecule has 6 heteroatoms. The molecule has 210 valence electrons. The maximum absolute atomic E-state index is 6.39. The Bertz CT molecular complexity index is 2720. The van der Waals surface area contributed by atoms with Crippen LogP contribution in [0.2, 0.25) is 0 Å². The summed E-state index contributed by atoms with van der Waals surface area (Å²) in [6, 6.07) is 46.1. The molecule has 4 heterocycles. The van der Waals surface area contributed by atoms with Crippen LogP contribution in [0.1, 0.15) is 0 Å². The molecule has 0 radical (unpaired) electrons. The van der Waals surface area contributed by atoms with E-state index in [2.05, 4.69) is 95.6 Å². The predicted octanol–water partition coefficient (Wildman–Crippen LogP) is 10.6. The first-order chi connectivity index (χ1) is 22.3. The molecule has 0 aliphatic carbocycles. The molecule has 0 spiro atoms. The molecule has 6 aromatic carbocycles. The lowest BCUT2D eigenvalue weighted by Gasteiger charge is -2.11. The minimum absolute atomic E-state index is 0.583. The molecule has 4 aromatic heterocycles. The summed E-state index contributed by atoms with van der Waals surface area (Å²) in [5.74, 6) is 1.82. The fourth-order valence-electron chi connectivity index (χ4n) is 6.67. The van der Waals surface area contributed by atoms with Crippen molar-refractivity contribution in [2.45, 2.75) is 0 Å². The predicted molar refractivity (Wildman–Crippen MR) is 185 cm³/mol. The van der Waals surface area contributed by atoms with Crippen LogP contribution in [0.5, 0.6) is 0 Å². The van der Waals surface area contributed by atoms with Crippen molar-refractivity contribution in [2.24, 2.45) is 0 Å². The van der Waals surface area contributed by atoms with Gasteiger partial charge >= 0.3 is 0 Å². The van der Waals surface area contributed by atoms with Crippen molar-refractivity contribution in [3.8, 4) is 28.7 Å². The van der Waals surface area contributed by atoms with Crippen molar-refractivity contribution < 1.29 is 4.42 Å². The van der Waals surface area contributed by atoms with Crippen LogP contribution in [0, 0.1) is 0 Å². The Morgan fingerprint density at radius 2 is 1.11 bits per heavy atom. The first-order valence-electron chi connectivity index (χ1n) is 14.9. The molecular weight excluding hydrogens is 573 g/mol. The largest absolute Gasteiger partial charge is 0.456 e. The second-order valence-electron chi connectivity index (χ2n) is 11.2. The summed E-state index contributed by atoms with van der Waals surface area (Å²) in [7, 11) is 0. The Balaban J connectivity index is 1.27. The van der Waals surface area contributed by atoms with Crippen molar-refractivity contribution in [1.29, 1.82) is 0 Å². The van der Waals surface area contributed by atoms with E-state index in [-0.39, 0.29) is 0 Å².